The normalized spacial score (nSPS) is 16.7. The summed E-state index contributed by atoms with van der Waals surface area (Å²) >= 11 is 0. The largest absolute Gasteiger partial charge is 0.419 e. The SMILES string of the molecule is C[C@@H](F)C(F)(F)F. The van der Waals surface area contributed by atoms with Crippen molar-refractivity contribution in [3.8, 4) is 0 Å². The summed E-state index contributed by atoms with van der Waals surface area (Å²) in [7, 11) is 0. The Labute approximate surface area is 38.1 Å². The zero-order valence-corrected chi connectivity index (χ0v) is 3.59. The van der Waals surface area contributed by atoms with Gasteiger partial charge in [-0.3, -0.25) is 0 Å². The Kier molecular flexibility index (Phi) is 1.61. The molecule has 0 saturated heterocycles. The average Bonchev–Trinajstić information content (AvgIpc) is 1.31. The Bertz CT molecular complexity index is 52.4. The van der Waals surface area contributed by atoms with Gasteiger partial charge in [0.2, 0.25) is 0 Å². The zero-order chi connectivity index (χ0) is 6.08. The van der Waals surface area contributed by atoms with Gasteiger partial charge in [0.1, 0.15) is 0 Å². The van der Waals surface area contributed by atoms with Crippen molar-refractivity contribution in [2.24, 2.45) is 0 Å². The maximum atomic E-state index is 11.1. The van der Waals surface area contributed by atoms with E-state index in [2.05, 4.69) is 0 Å². The van der Waals surface area contributed by atoms with Gasteiger partial charge in [-0.1, -0.05) is 0 Å². The van der Waals surface area contributed by atoms with Crippen molar-refractivity contribution in [1.29, 1.82) is 0 Å². The molecule has 0 N–H and O–H groups in total. The average molecular weight is 116 g/mol. The molecule has 44 valence electrons. The number of rotatable bonds is 0. The fourth-order valence-electron chi connectivity index (χ4n) is 0. The fourth-order valence-corrected chi connectivity index (χ4v) is 0. The van der Waals surface area contributed by atoms with Gasteiger partial charge in [0.15, 0.2) is 6.17 Å². The minimum absolute atomic E-state index is 0.458. The molecule has 0 aliphatic heterocycles. The molecular weight excluding hydrogens is 112 g/mol. The molecule has 0 aliphatic rings. The van der Waals surface area contributed by atoms with Crippen LogP contribution in [0.5, 0.6) is 0 Å². The zero-order valence-electron chi connectivity index (χ0n) is 3.59. The Morgan fingerprint density at radius 2 is 1.43 bits per heavy atom. The van der Waals surface area contributed by atoms with Gasteiger partial charge in [0, 0.05) is 0 Å². The van der Waals surface area contributed by atoms with Gasteiger partial charge in [0.25, 0.3) is 0 Å². The number of hydrogen-bond donors (Lipinski definition) is 0. The predicted octanol–water partition coefficient (Wildman–Crippen LogP) is 1.91. The van der Waals surface area contributed by atoms with Crippen LogP contribution in [0.1, 0.15) is 6.92 Å². The lowest BCUT2D eigenvalue weighted by atomic mass is 10.4. The molecular formula is C3H4F4. The molecule has 0 aromatic rings. The first-order valence-corrected chi connectivity index (χ1v) is 1.65. The number of hydrogen-bond acceptors (Lipinski definition) is 0. The number of halogens is 4. The molecule has 1 atom stereocenters. The van der Waals surface area contributed by atoms with Gasteiger partial charge in [-0.25, -0.2) is 4.39 Å². The van der Waals surface area contributed by atoms with Crippen molar-refractivity contribution in [3.63, 3.8) is 0 Å². The maximum absolute atomic E-state index is 11.1. The first kappa shape index (κ1) is 6.72. The fraction of sp³-hybridized carbons (Fsp3) is 1.00. The lowest BCUT2D eigenvalue weighted by Crippen LogP contribution is -2.20. The van der Waals surface area contributed by atoms with E-state index in [-0.39, 0.29) is 0 Å². The molecule has 0 spiro atoms. The smallest absolute Gasteiger partial charge is 0.238 e. The van der Waals surface area contributed by atoms with Crippen molar-refractivity contribution in [2.45, 2.75) is 19.3 Å². The van der Waals surface area contributed by atoms with Gasteiger partial charge in [-0.05, 0) is 6.92 Å². The van der Waals surface area contributed by atoms with Gasteiger partial charge in [-0.15, -0.1) is 0 Å². The van der Waals surface area contributed by atoms with Crippen LogP contribution in [0.3, 0.4) is 0 Å². The van der Waals surface area contributed by atoms with Crippen molar-refractivity contribution in [2.75, 3.05) is 0 Å². The molecule has 4 heteroatoms. The first-order chi connectivity index (χ1) is 2.94. The molecule has 7 heavy (non-hydrogen) atoms. The van der Waals surface area contributed by atoms with Gasteiger partial charge in [-0.2, -0.15) is 13.2 Å². The van der Waals surface area contributed by atoms with Crippen molar-refractivity contribution in [1.82, 2.24) is 0 Å². The third kappa shape index (κ3) is 2.42. The summed E-state index contributed by atoms with van der Waals surface area (Å²) in [5, 5.41) is 0. The third-order valence-corrected chi connectivity index (χ3v) is 0.451. The summed E-state index contributed by atoms with van der Waals surface area (Å²) in [5.41, 5.74) is 0. The van der Waals surface area contributed by atoms with E-state index in [0.717, 1.165) is 0 Å². The van der Waals surface area contributed by atoms with Crippen LogP contribution in [0.2, 0.25) is 0 Å². The van der Waals surface area contributed by atoms with Crippen molar-refractivity contribution in [3.05, 3.63) is 0 Å². The van der Waals surface area contributed by atoms with Crippen LogP contribution < -0.4 is 0 Å². The maximum Gasteiger partial charge on any atom is 0.419 e. The molecule has 0 saturated carbocycles. The van der Waals surface area contributed by atoms with Gasteiger partial charge in [0.05, 0.1) is 0 Å². The van der Waals surface area contributed by atoms with E-state index < -0.39 is 12.3 Å². The summed E-state index contributed by atoms with van der Waals surface area (Å²) in [5.74, 6) is 0. The highest BCUT2D eigenvalue weighted by Gasteiger charge is 2.35. The Hall–Kier alpha value is -0.280. The summed E-state index contributed by atoms with van der Waals surface area (Å²) in [6.45, 7) is 0.458. The lowest BCUT2D eigenvalue weighted by molar-refractivity contribution is -0.174. The van der Waals surface area contributed by atoms with Gasteiger partial charge >= 0.3 is 6.18 Å². The third-order valence-electron chi connectivity index (χ3n) is 0.451. The summed E-state index contributed by atoms with van der Waals surface area (Å²) in [6, 6.07) is 0. The highest BCUT2D eigenvalue weighted by Crippen LogP contribution is 2.21. The van der Waals surface area contributed by atoms with E-state index in [1.807, 2.05) is 0 Å². The molecule has 0 aromatic heterocycles. The highest BCUT2D eigenvalue weighted by molar-refractivity contribution is 4.56. The van der Waals surface area contributed by atoms with E-state index in [1.165, 1.54) is 0 Å². The summed E-state index contributed by atoms with van der Waals surface area (Å²) in [6.07, 6.45) is -7.37. The van der Waals surface area contributed by atoms with Crippen molar-refractivity contribution < 1.29 is 17.6 Å². The van der Waals surface area contributed by atoms with Crippen LogP contribution >= 0.6 is 0 Å². The molecule has 0 heterocycles. The second kappa shape index (κ2) is 1.68. The quantitative estimate of drug-likeness (QED) is 0.424. The van der Waals surface area contributed by atoms with E-state index in [1.54, 1.807) is 0 Å². The number of alkyl halides is 4. The molecule has 0 unspecified atom stereocenters. The molecule has 0 bridgehead atoms. The minimum atomic E-state index is -4.67. The minimum Gasteiger partial charge on any atom is -0.238 e. The Morgan fingerprint density at radius 1 is 1.29 bits per heavy atom. The Balaban J connectivity index is 3.54. The second-order valence-electron chi connectivity index (χ2n) is 1.16. The molecule has 0 radical (unpaired) electrons. The van der Waals surface area contributed by atoms with Crippen LogP contribution in [-0.2, 0) is 0 Å². The topological polar surface area (TPSA) is 0 Å². The summed E-state index contributed by atoms with van der Waals surface area (Å²) in [4.78, 5) is 0. The van der Waals surface area contributed by atoms with E-state index in [4.69, 9.17) is 0 Å². The Morgan fingerprint density at radius 3 is 1.43 bits per heavy atom. The predicted molar refractivity (Wildman–Crippen MR) is 16.6 cm³/mol. The first-order valence-electron chi connectivity index (χ1n) is 1.65. The van der Waals surface area contributed by atoms with Crippen molar-refractivity contribution >= 4 is 0 Å². The van der Waals surface area contributed by atoms with Crippen LogP contribution in [-0.4, -0.2) is 12.3 Å². The monoisotopic (exact) mass is 116 g/mol. The lowest BCUT2D eigenvalue weighted by Gasteiger charge is -2.04. The summed E-state index contributed by atoms with van der Waals surface area (Å²) < 4.78 is 43.5. The van der Waals surface area contributed by atoms with Crippen LogP contribution in [0.15, 0.2) is 0 Å². The van der Waals surface area contributed by atoms with Crippen LogP contribution in [0, 0.1) is 0 Å². The molecule has 0 nitrogen and oxygen atoms in total. The standard InChI is InChI=1S/C3H4F4/c1-2(4)3(5,6)7/h2H,1H3/t2-/m1/s1. The van der Waals surface area contributed by atoms with E-state index >= 15 is 0 Å². The molecule has 0 fully saturated rings. The van der Waals surface area contributed by atoms with Crippen LogP contribution in [0.4, 0.5) is 17.6 Å². The second-order valence-corrected chi connectivity index (χ2v) is 1.16. The molecule has 0 rings (SSSR count). The van der Waals surface area contributed by atoms with E-state index in [9.17, 15) is 17.6 Å². The van der Waals surface area contributed by atoms with Gasteiger partial charge < -0.3 is 0 Å². The molecule has 0 aliphatic carbocycles. The molecule has 0 aromatic carbocycles. The highest BCUT2D eigenvalue weighted by atomic mass is 19.4. The van der Waals surface area contributed by atoms with Crippen LogP contribution in [0.25, 0.3) is 0 Å². The van der Waals surface area contributed by atoms with E-state index in [0.29, 0.717) is 6.92 Å². The molecule has 0 amide bonds.